The molecule has 0 bridgehead atoms. The maximum atomic E-state index is 13.3. The van der Waals surface area contributed by atoms with Crippen molar-refractivity contribution in [3.8, 4) is 0 Å². The van der Waals surface area contributed by atoms with Crippen LogP contribution in [0.2, 0.25) is 5.02 Å². The molecule has 1 aliphatic rings. The van der Waals surface area contributed by atoms with Crippen molar-refractivity contribution in [1.29, 1.82) is 0 Å². The van der Waals surface area contributed by atoms with E-state index in [9.17, 15) is 9.59 Å². The highest BCUT2D eigenvalue weighted by Crippen LogP contribution is 2.30. The molecule has 5 nitrogen and oxygen atoms in total. The van der Waals surface area contributed by atoms with Gasteiger partial charge in [0.2, 0.25) is 0 Å². The van der Waals surface area contributed by atoms with Gasteiger partial charge in [-0.3, -0.25) is 0 Å². The summed E-state index contributed by atoms with van der Waals surface area (Å²) >= 11 is 6.32. The highest BCUT2D eigenvalue weighted by molar-refractivity contribution is 6.31. The molecule has 3 aromatic carbocycles. The van der Waals surface area contributed by atoms with Gasteiger partial charge >= 0.3 is 12.0 Å². The Bertz CT molecular complexity index is 1170. The van der Waals surface area contributed by atoms with Gasteiger partial charge < -0.3 is 15.4 Å². The number of halogens is 1. The Morgan fingerprint density at radius 1 is 0.939 bits per heavy atom. The number of carbonyl (C=O) groups excluding carboxylic acids is 2. The van der Waals surface area contributed by atoms with Crippen LogP contribution in [-0.4, -0.2) is 12.0 Å². The number of rotatable bonds is 7. The molecular formula is C27H25ClN2O3. The molecule has 1 aliphatic heterocycles. The van der Waals surface area contributed by atoms with Gasteiger partial charge in [0.25, 0.3) is 0 Å². The first kappa shape index (κ1) is 22.6. The largest absolute Gasteiger partial charge is 0.457 e. The zero-order chi connectivity index (χ0) is 23.2. The molecule has 0 aliphatic carbocycles. The van der Waals surface area contributed by atoms with Crippen LogP contribution in [0.15, 0.2) is 90.1 Å². The molecule has 0 radical (unpaired) electrons. The van der Waals surface area contributed by atoms with Crippen molar-refractivity contribution in [1.82, 2.24) is 10.6 Å². The Hall–Kier alpha value is -3.57. The van der Waals surface area contributed by atoms with Gasteiger partial charge in [-0.05, 0) is 42.5 Å². The number of esters is 1. The lowest BCUT2D eigenvalue weighted by Gasteiger charge is -2.29. The topological polar surface area (TPSA) is 67.4 Å². The highest BCUT2D eigenvalue weighted by Gasteiger charge is 2.33. The molecule has 33 heavy (non-hydrogen) atoms. The molecule has 3 aromatic rings. The molecule has 168 valence electrons. The van der Waals surface area contributed by atoms with Crippen LogP contribution in [0, 0.1) is 6.92 Å². The second-order valence-electron chi connectivity index (χ2n) is 7.99. The fourth-order valence-electron chi connectivity index (χ4n) is 3.83. The summed E-state index contributed by atoms with van der Waals surface area (Å²) in [5, 5.41) is 6.37. The van der Waals surface area contributed by atoms with E-state index in [1.807, 2.05) is 85.8 Å². The summed E-state index contributed by atoms with van der Waals surface area (Å²) in [7, 11) is 0. The van der Waals surface area contributed by atoms with E-state index in [0.717, 1.165) is 22.3 Å². The Kier molecular flexibility index (Phi) is 7.10. The van der Waals surface area contributed by atoms with Crippen LogP contribution in [0.1, 0.15) is 34.7 Å². The van der Waals surface area contributed by atoms with Gasteiger partial charge in [-0.15, -0.1) is 0 Å². The number of ether oxygens (including phenoxy) is 1. The Labute approximate surface area is 198 Å². The second-order valence-corrected chi connectivity index (χ2v) is 8.39. The Balaban J connectivity index is 1.66. The van der Waals surface area contributed by atoms with E-state index < -0.39 is 12.0 Å². The number of urea groups is 1. The zero-order valence-corrected chi connectivity index (χ0v) is 19.1. The van der Waals surface area contributed by atoms with E-state index in [0.29, 0.717) is 29.1 Å². The van der Waals surface area contributed by atoms with E-state index in [-0.39, 0.29) is 12.6 Å². The molecule has 0 aromatic heterocycles. The van der Waals surface area contributed by atoms with Crippen molar-refractivity contribution >= 4 is 23.6 Å². The van der Waals surface area contributed by atoms with Crippen molar-refractivity contribution in [2.75, 3.05) is 0 Å². The monoisotopic (exact) mass is 460 g/mol. The van der Waals surface area contributed by atoms with Crippen LogP contribution in [-0.2, 0) is 22.6 Å². The number of allylic oxidation sites excluding steroid dienone is 1. The molecule has 2 N–H and O–H groups in total. The van der Waals surface area contributed by atoms with Gasteiger partial charge in [0.05, 0.1) is 11.6 Å². The number of carbonyl (C=O) groups is 2. The smallest absolute Gasteiger partial charge is 0.338 e. The van der Waals surface area contributed by atoms with Gasteiger partial charge in [-0.1, -0.05) is 90.0 Å². The molecule has 2 amide bonds. The molecule has 6 heteroatoms. The van der Waals surface area contributed by atoms with E-state index >= 15 is 0 Å². The van der Waals surface area contributed by atoms with Crippen molar-refractivity contribution in [2.45, 2.75) is 32.4 Å². The van der Waals surface area contributed by atoms with E-state index in [1.165, 1.54) is 0 Å². The molecule has 0 spiro atoms. The van der Waals surface area contributed by atoms with Gasteiger partial charge in [0.1, 0.15) is 6.61 Å². The Morgan fingerprint density at radius 2 is 1.64 bits per heavy atom. The minimum Gasteiger partial charge on any atom is -0.457 e. The summed E-state index contributed by atoms with van der Waals surface area (Å²) in [6, 6.07) is 23.9. The predicted octanol–water partition coefficient (Wildman–Crippen LogP) is 5.63. The lowest BCUT2D eigenvalue weighted by molar-refractivity contribution is -0.140. The fourth-order valence-corrected chi connectivity index (χ4v) is 4.06. The summed E-state index contributed by atoms with van der Waals surface area (Å²) in [4.78, 5) is 25.8. The maximum Gasteiger partial charge on any atom is 0.338 e. The summed E-state index contributed by atoms with van der Waals surface area (Å²) in [6.45, 7) is 2.14. The minimum absolute atomic E-state index is 0.148. The third kappa shape index (κ3) is 5.62. The number of amides is 2. The average Bonchev–Trinajstić information content (AvgIpc) is 2.83. The van der Waals surface area contributed by atoms with Gasteiger partial charge in [-0.2, -0.15) is 0 Å². The maximum absolute atomic E-state index is 13.3. The van der Waals surface area contributed by atoms with Gasteiger partial charge in [0, 0.05) is 10.7 Å². The third-order valence-corrected chi connectivity index (χ3v) is 5.97. The standard InChI is InChI=1S/C27H25ClN2O3/c1-18-11-13-21(14-12-18)25-24(26(31)33-17-19-7-3-2-4-8-19)23(29-27(32)30-25)16-15-20-9-5-6-10-22(20)28/h2-14,25H,15-17H2,1H3,(H2,29,30,32). The van der Waals surface area contributed by atoms with Gasteiger partial charge in [-0.25, -0.2) is 9.59 Å². The minimum atomic E-state index is -0.608. The van der Waals surface area contributed by atoms with Crippen molar-refractivity contribution in [2.24, 2.45) is 0 Å². The molecular weight excluding hydrogens is 436 g/mol. The number of nitrogens with one attached hydrogen (secondary N) is 2. The SMILES string of the molecule is Cc1ccc(C2NC(=O)NC(CCc3ccccc3Cl)=C2C(=O)OCc2ccccc2)cc1. The van der Waals surface area contributed by atoms with Crippen LogP contribution in [0.3, 0.4) is 0 Å². The molecule has 4 rings (SSSR count). The highest BCUT2D eigenvalue weighted by atomic mass is 35.5. The summed E-state index contributed by atoms with van der Waals surface area (Å²) in [5.74, 6) is -0.467. The number of aryl methyl sites for hydroxylation is 2. The van der Waals surface area contributed by atoms with Crippen molar-refractivity contribution in [3.05, 3.63) is 117 Å². The van der Waals surface area contributed by atoms with Crippen LogP contribution < -0.4 is 10.6 Å². The van der Waals surface area contributed by atoms with Crippen molar-refractivity contribution in [3.63, 3.8) is 0 Å². The molecule has 0 saturated carbocycles. The molecule has 0 fully saturated rings. The van der Waals surface area contributed by atoms with E-state index in [2.05, 4.69) is 10.6 Å². The Morgan fingerprint density at radius 3 is 2.36 bits per heavy atom. The molecule has 1 atom stereocenters. The number of hydrogen-bond acceptors (Lipinski definition) is 3. The lowest BCUT2D eigenvalue weighted by atomic mass is 9.92. The zero-order valence-electron chi connectivity index (χ0n) is 18.3. The first-order chi connectivity index (χ1) is 16.0. The molecule has 1 unspecified atom stereocenters. The van der Waals surface area contributed by atoms with E-state index in [4.69, 9.17) is 16.3 Å². The summed E-state index contributed by atoms with van der Waals surface area (Å²) in [6.07, 6.45) is 1.01. The van der Waals surface area contributed by atoms with Crippen LogP contribution in [0.4, 0.5) is 4.79 Å². The van der Waals surface area contributed by atoms with Crippen LogP contribution in [0.5, 0.6) is 0 Å². The fraction of sp³-hybridized carbons (Fsp3) is 0.185. The predicted molar refractivity (Wildman–Crippen MR) is 129 cm³/mol. The summed E-state index contributed by atoms with van der Waals surface area (Å²) < 4.78 is 5.67. The summed E-state index contributed by atoms with van der Waals surface area (Å²) in [5.41, 5.74) is 4.70. The number of benzene rings is 3. The van der Waals surface area contributed by atoms with E-state index in [1.54, 1.807) is 0 Å². The van der Waals surface area contributed by atoms with Crippen LogP contribution >= 0.6 is 11.6 Å². The third-order valence-electron chi connectivity index (χ3n) is 5.60. The normalized spacial score (nSPS) is 15.6. The van der Waals surface area contributed by atoms with Gasteiger partial charge in [0.15, 0.2) is 0 Å². The van der Waals surface area contributed by atoms with Crippen LogP contribution in [0.25, 0.3) is 0 Å². The molecule has 1 heterocycles. The number of hydrogen-bond donors (Lipinski definition) is 2. The first-order valence-electron chi connectivity index (χ1n) is 10.8. The second kappa shape index (κ2) is 10.4. The average molecular weight is 461 g/mol. The first-order valence-corrected chi connectivity index (χ1v) is 11.2. The quantitative estimate of drug-likeness (QED) is 0.449. The lowest BCUT2D eigenvalue weighted by Crippen LogP contribution is -2.46. The van der Waals surface area contributed by atoms with Crippen molar-refractivity contribution < 1.29 is 14.3 Å². The molecule has 0 saturated heterocycles.